The van der Waals surface area contributed by atoms with E-state index in [0.717, 1.165) is 0 Å². The number of pyridine rings is 1. The number of nitrogens with zero attached hydrogens (tertiary/aromatic N) is 2. The van der Waals surface area contributed by atoms with Crippen LogP contribution in [0, 0.1) is 0 Å². The average molecular weight is 177 g/mol. The zero-order valence-corrected chi connectivity index (χ0v) is 6.73. The van der Waals surface area contributed by atoms with Gasteiger partial charge in [-0.05, 0) is 12.1 Å². The third-order valence-electron chi connectivity index (χ3n) is 1.72. The van der Waals surface area contributed by atoms with Crippen LogP contribution >= 0.6 is 0 Å². The van der Waals surface area contributed by atoms with Gasteiger partial charge in [0.1, 0.15) is 12.4 Å². The number of anilines is 1. The van der Waals surface area contributed by atoms with E-state index in [4.69, 9.17) is 0 Å². The number of nitrogens with one attached hydrogen (secondary N) is 1. The van der Waals surface area contributed by atoms with Crippen LogP contribution < -0.4 is 10.2 Å². The molecule has 1 aliphatic rings. The highest BCUT2D eigenvalue weighted by atomic mass is 16.2. The summed E-state index contributed by atoms with van der Waals surface area (Å²) < 4.78 is 0. The summed E-state index contributed by atoms with van der Waals surface area (Å²) in [7, 11) is 0. The van der Waals surface area contributed by atoms with E-state index in [1.165, 1.54) is 4.90 Å². The molecule has 0 atom stereocenters. The van der Waals surface area contributed by atoms with Crippen LogP contribution in [0.3, 0.4) is 0 Å². The van der Waals surface area contributed by atoms with E-state index in [2.05, 4.69) is 10.3 Å². The Morgan fingerprint density at radius 1 is 1.38 bits per heavy atom. The molecule has 0 unspecified atom stereocenters. The first kappa shape index (κ1) is 7.72. The minimum atomic E-state index is -0.413. The van der Waals surface area contributed by atoms with E-state index >= 15 is 0 Å². The van der Waals surface area contributed by atoms with Crippen LogP contribution in [0.1, 0.15) is 0 Å². The maximum atomic E-state index is 11.1. The summed E-state index contributed by atoms with van der Waals surface area (Å²) in [5.41, 5.74) is 0. The molecule has 0 bridgehead atoms. The molecule has 1 aromatic heterocycles. The summed E-state index contributed by atoms with van der Waals surface area (Å²) in [5, 5.41) is 2.17. The number of amides is 3. The predicted octanol–water partition coefficient (Wildman–Crippen LogP) is 0.138. The van der Waals surface area contributed by atoms with Crippen molar-refractivity contribution in [2.45, 2.75) is 0 Å². The number of hydrogen-bond donors (Lipinski definition) is 1. The first-order valence-electron chi connectivity index (χ1n) is 3.80. The summed E-state index contributed by atoms with van der Waals surface area (Å²) in [6, 6.07) is 4.78. The normalized spacial score (nSPS) is 16.2. The van der Waals surface area contributed by atoms with Crippen molar-refractivity contribution in [2.24, 2.45) is 0 Å². The zero-order valence-electron chi connectivity index (χ0n) is 6.73. The Bertz CT molecular complexity index is 350. The Labute approximate surface area is 74.4 Å². The van der Waals surface area contributed by atoms with Gasteiger partial charge < -0.3 is 0 Å². The second kappa shape index (κ2) is 2.85. The van der Waals surface area contributed by atoms with E-state index in [9.17, 15) is 9.59 Å². The number of hydrogen-bond acceptors (Lipinski definition) is 3. The highest BCUT2D eigenvalue weighted by molar-refractivity contribution is 6.11. The van der Waals surface area contributed by atoms with E-state index in [0.29, 0.717) is 5.82 Å². The number of rotatable bonds is 1. The lowest BCUT2D eigenvalue weighted by Gasteiger charge is -2.10. The molecular weight excluding hydrogens is 170 g/mol. The molecule has 0 spiro atoms. The maximum absolute atomic E-state index is 11.1. The molecule has 1 saturated heterocycles. The van der Waals surface area contributed by atoms with Crippen molar-refractivity contribution < 1.29 is 9.59 Å². The Morgan fingerprint density at radius 2 is 2.23 bits per heavy atom. The molecule has 13 heavy (non-hydrogen) atoms. The molecule has 5 nitrogen and oxygen atoms in total. The standard InChI is InChI=1S/C8H7N3O2/c12-7-5-11(8(13)10-7)6-3-1-2-4-9-6/h1-4H,5H2,(H,10,12,13). The minimum absolute atomic E-state index is 0.0514. The average Bonchev–Trinajstić information content (AvgIpc) is 2.47. The fourth-order valence-electron chi connectivity index (χ4n) is 1.14. The van der Waals surface area contributed by atoms with E-state index in [1.54, 1.807) is 24.4 Å². The van der Waals surface area contributed by atoms with Crippen LogP contribution in [0.15, 0.2) is 24.4 Å². The van der Waals surface area contributed by atoms with Crippen molar-refractivity contribution >= 4 is 17.8 Å². The molecule has 0 saturated carbocycles. The number of carbonyl (C=O) groups is 2. The van der Waals surface area contributed by atoms with E-state index in [-0.39, 0.29) is 12.5 Å². The van der Waals surface area contributed by atoms with E-state index in [1.807, 2.05) is 0 Å². The van der Waals surface area contributed by atoms with Crippen LogP contribution in [-0.2, 0) is 4.79 Å². The first-order valence-corrected chi connectivity index (χ1v) is 3.80. The van der Waals surface area contributed by atoms with Crippen molar-refractivity contribution in [1.82, 2.24) is 10.3 Å². The third kappa shape index (κ3) is 1.35. The molecule has 1 N–H and O–H groups in total. The summed E-state index contributed by atoms with van der Waals surface area (Å²) in [5.74, 6) is 0.196. The van der Waals surface area contributed by atoms with Crippen LogP contribution in [0.2, 0.25) is 0 Å². The van der Waals surface area contributed by atoms with Gasteiger partial charge in [0.25, 0.3) is 0 Å². The van der Waals surface area contributed by atoms with Crippen LogP contribution in [0.4, 0.5) is 10.6 Å². The molecular formula is C8H7N3O2. The molecule has 1 aliphatic heterocycles. The first-order chi connectivity index (χ1) is 6.27. The van der Waals surface area contributed by atoms with Crippen LogP contribution in [-0.4, -0.2) is 23.5 Å². The predicted molar refractivity (Wildman–Crippen MR) is 45.1 cm³/mol. The lowest BCUT2D eigenvalue weighted by molar-refractivity contribution is -0.117. The molecule has 66 valence electrons. The summed E-state index contributed by atoms with van der Waals surface area (Å²) in [4.78, 5) is 27.2. The van der Waals surface area contributed by atoms with Gasteiger partial charge in [0, 0.05) is 6.20 Å². The van der Waals surface area contributed by atoms with Crippen molar-refractivity contribution in [2.75, 3.05) is 11.4 Å². The molecule has 5 heteroatoms. The second-order valence-electron chi connectivity index (χ2n) is 2.63. The highest BCUT2D eigenvalue weighted by Gasteiger charge is 2.28. The van der Waals surface area contributed by atoms with Gasteiger partial charge in [-0.1, -0.05) is 6.07 Å². The lowest BCUT2D eigenvalue weighted by atomic mass is 10.4. The van der Waals surface area contributed by atoms with Gasteiger partial charge in [-0.15, -0.1) is 0 Å². The fraction of sp³-hybridized carbons (Fsp3) is 0.125. The van der Waals surface area contributed by atoms with Gasteiger partial charge in [-0.25, -0.2) is 9.78 Å². The number of urea groups is 1. The smallest absolute Gasteiger partial charge is 0.276 e. The molecule has 0 aromatic carbocycles. The Hall–Kier alpha value is -1.91. The summed E-state index contributed by atoms with van der Waals surface area (Å²) in [6.45, 7) is 0.0514. The Morgan fingerprint density at radius 3 is 2.77 bits per heavy atom. The molecule has 2 rings (SSSR count). The molecule has 1 fully saturated rings. The Balaban J connectivity index is 2.28. The fourth-order valence-corrected chi connectivity index (χ4v) is 1.14. The van der Waals surface area contributed by atoms with Gasteiger partial charge in [-0.2, -0.15) is 0 Å². The van der Waals surface area contributed by atoms with Gasteiger partial charge in [0.05, 0.1) is 0 Å². The molecule has 1 aromatic rings. The number of imide groups is 1. The van der Waals surface area contributed by atoms with Gasteiger partial charge in [0.15, 0.2) is 0 Å². The highest BCUT2D eigenvalue weighted by Crippen LogP contribution is 2.11. The van der Waals surface area contributed by atoms with Crippen molar-refractivity contribution in [3.63, 3.8) is 0 Å². The van der Waals surface area contributed by atoms with Gasteiger partial charge in [0.2, 0.25) is 5.91 Å². The van der Waals surface area contributed by atoms with Gasteiger partial charge >= 0.3 is 6.03 Å². The lowest BCUT2D eigenvalue weighted by Crippen LogP contribution is -2.28. The number of carbonyl (C=O) groups excluding carboxylic acids is 2. The summed E-state index contributed by atoms with van der Waals surface area (Å²) >= 11 is 0. The molecule has 2 heterocycles. The van der Waals surface area contributed by atoms with Crippen LogP contribution in [0.25, 0.3) is 0 Å². The second-order valence-corrected chi connectivity index (χ2v) is 2.63. The van der Waals surface area contributed by atoms with Crippen molar-refractivity contribution in [1.29, 1.82) is 0 Å². The van der Waals surface area contributed by atoms with Crippen molar-refractivity contribution in [3.05, 3.63) is 24.4 Å². The van der Waals surface area contributed by atoms with Crippen molar-refractivity contribution in [3.8, 4) is 0 Å². The summed E-state index contributed by atoms with van der Waals surface area (Å²) in [6.07, 6.45) is 1.57. The largest absolute Gasteiger partial charge is 0.330 e. The quantitative estimate of drug-likeness (QED) is 0.620. The molecule has 3 amide bonds. The molecule has 0 aliphatic carbocycles. The third-order valence-corrected chi connectivity index (χ3v) is 1.72. The Kier molecular flexibility index (Phi) is 1.70. The SMILES string of the molecule is O=C1CN(c2ccccn2)C(=O)N1. The van der Waals surface area contributed by atoms with Crippen LogP contribution in [0.5, 0.6) is 0 Å². The van der Waals surface area contributed by atoms with E-state index < -0.39 is 6.03 Å². The minimum Gasteiger partial charge on any atom is -0.276 e. The monoisotopic (exact) mass is 177 g/mol. The molecule has 0 radical (unpaired) electrons. The zero-order chi connectivity index (χ0) is 9.26. The topological polar surface area (TPSA) is 62.3 Å². The number of aromatic nitrogens is 1. The van der Waals surface area contributed by atoms with Gasteiger partial charge in [-0.3, -0.25) is 15.0 Å². The maximum Gasteiger partial charge on any atom is 0.330 e.